The van der Waals surface area contributed by atoms with Crippen LogP contribution in [0.5, 0.6) is 17.2 Å². The van der Waals surface area contributed by atoms with Gasteiger partial charge in [-0.3, -0.25) is 14.4 Å². The molecular weight excluding hydrogens is 723 g/mol. The number of aromatic amines is 3. The lowest BCUT2D eigenvalue weighted by atomic mass is 10.1. The summed E-state index contributed by atoms with van der Waals surface area (Å²) < 4.78 is 23.0. The molecule has 9 aromatic rings. The second-order valence-corrected chi connectivity index (χ2v) is 13.9. The van der Waals surface area contributed by atoms with Crippen molar-refractivity contribution in [2.45, 2.75) is 38.5 Å². The van der Waals surface area contributed by atoms with Crippen LogP contribution in [0.4, 0.5) is 0 Å². The van der Waals surface area contributed by atoms with Crippen LogP contribution in [0.1, 0.15) is 36.0 Å². The van der Waals surface area contributed by atoms with Crippen molar-refractivity contribution in [2.75, 3.05) is 0 Å². The monoisotopic (exact) mass is 757 g/mol. The molecule has 0 bridgehead atoms. The smallest absolute Gasteiger partial charge is 0.344 e. The van der Waals surface area contributed by atoms with Crippen molar-refractivity contribution in [3.63, 3.8) is 0 Å². The molecule has 5 aromatic carbocycles. The number of fused-ring (bicyclic) bond motifs is 6. The SMILES string of the molecule is O=C(CCc1c[nH]c2ccccc12)Oc1ccc2c(c1)oc(=O)c1cc(OC(=O)CCc3c[nH]c4ccccc34)c(OC(=O)CCc3c[nH]c4ccccc34)cc12. The van der Waals surface area contributed by atoms with E-state index >= 15 is 0 Å². The third-order valence-corrected chi connectivity index (χ3v) is 10.2. The third-order valence-electron chi connectivity index (χ3n) is 10.2. The maximum Gasteiger partial charge on any atom is 0.344 e. The van der Waals surface area contributed by atoms with Gasteiger partial charge in [-0.1, -0.05) is 54.6 Å². The summed E-state index contributed by atoms with van der Waals surface area (Å²) in [6, 6.07) is 31.1. The minimum absolute atomic E-state index is 0.0217. The lowest BCUT2D eigenvalue weighted by molar-refractivity contribution is -0.137. The number of nitrogens with one attached hydrogen (secondary N) is 3. The molecule has 0 aliphatic carbocycles. The lowest BCUT2D eigenvalue weighted by Crippen LogP contribution is -2.14. The Morgan fingerprint density at radius 2 is 0.912 bits per heavy atom. The molecule has 11 heteroatoms. The van der Waals surface area contributed by atoms with Crippen LogP contribution in [0, 0.1) is 0 Å². The number of rotatable bonds is 12. The van der Waals surface area contributed by atoms with Crippen molar-refractivity contribution in [2.24, 2.45) is 0 Å². The maximum absolute atomic E-state index is 13.5. The average Bonchev–Trinajstić information content (AvgIpc) is 3.96. The Kier molecular flexibility index (Phi) is 9.31. The Balaban J connectivity index is 0.972. The van der Waals surface area contributed by atoms with Crippen LogP contribution >= 0.6 is 0 Å². The second-order valence-electron chi connectivity index (χ2n) is 13.9. The molecule has 9 rings (SSSR count). The van der Waals surface area contributed by atoms with Crippen molar-refractivity contribution in [1.29, 1.82) is 0 Å². The molecule has 4 heterocycles. The Bertz CT molecular complexity index is 3060. The Morgan fingerprint density at radius 3 is 1.40 bits per heavy atom. The van der Waals surface area contributed by atoms with Crippen molar-refractivity contribution in [3.05, 3.63) is 149 Å². The van der Waals surface area contributed by atoms with Gasteiger partial charge in [0.25, 0.3) is 0 Å². The summed E-state index contributed by atoms with van der Waals surface area (Å²) in [5.41, 5.74) is 5.29. The van der Waals surface area contributed by atoms with Crippen LogP contribution in [0.15, 0.2) is 131 Å². The van der Waals surface area contributed by atoms with Crippen molar-refractivity contribution >= 4 is 72.4 Å². The number of H-pyrrole nitrogens is 3. The number of hydrogen-bond donors (Lipinski definition) is 3. The zero-order valence-corrected chi connectivity index (χ0v) is 30.6. The van der Waals surface area contributed by atoms with E-state index in [0.29, 0.717) is 30.0 Å². The van der Waals surface area contributed by atoms with E-state index in [2.05, 4.69) is 15.0 Å². The average molecular weight is 758 g/mol. The Hall–Kier alpha value is -7.40. The van der Waals surface area contributed by atoms with Crippen LogP contribution in [0.2, 0.25) is 0 Å². The van der Waals surface area contributed by atoms with Gasteiger partial charge in [0, 0.05) is 68.1 Å². The van der Waals surface area contributed by atoms with Crippen molar-refractivity contribution in [1.82, 2.24) is 15.0 Å². The van der Waals surface area contributed by atoms with Gasteiger partial charge in [0.2, 0.25) is 0 Å². The predicted octanol–water partition coefficient (Wildman–Crippen LogP) is 9.00. The zero-order valence-electron chi connectivity index (χ0n) is 30.6. The topological polar surface area (TPSA) is 156 Å². The van der Waals surface area contributed by atoms with Crippen LogP contribution in [-0.2, 0) is 33.6 Å². The van der Waals surface area contributed by atoms with Gasteiger partial charge in [-0.15, -0.1) is 0 Å². The minimum Gasteiger partial charge on any atom is -0.426 e. The van der Waals surface area contributed by atoms with Crippen LogP contribution in [-0.4, -0.2) is 32.9 Å². The molecular formula is C46H35N3O8. The minimum atomic E-state index is -0.714. The highest BCUT2D eigenvalue weighted by Crippen LogP contribution is 2.36. The molecule has 0 saturated heterocycles. The summed E-state index contributed by atoms with van der Waals surface area (Å²) in [6.45, 7) is 0. The molecule has 0 aliphatic heterocycles. The highest BCUT2D eigenvalue weighted by molar-refractivity contribution is 6.06. The van der Waals surface area contributed by atoms with E-state index in [1.807, 2.05) is 91.4 Å². The number of carbonyl (C=O) groups excluding carboxylic acids is 3. The van der Waals surface area contributed by atoms with Gasteiger partial charge < -0.3 is 33.6 Å². The largest absolute Gasteiger partial charge is 0.426 e. The third kappa shape index (κ3) is 7.26. The van der Waals surface area contributed by atoms with Gasteiger partial charge in [-0.05, 0) is 78.4 Å². The summed E-state index contributed by atoms with van der Waals surface area (Å²) in [6.07, 6.45) is 7.13. The van der Waals surface area contributed by atoms with Crippen LogP contribution in [0.3, 0.4) is 0 Å². The molecule has 57 heavy (non-hydrogen) atoms. The molecule has 0 fully saturated rings. The first-order valence-corrected chi connectivity index (χ1v) is 18.7. The fourth-order valence-corrected chi connectivity index (χ4v) is 7.39. The second kappa shape index (κ2) is 15.0. The molecule has 282 valence electrons. The number of carbonyl (C=O) groups is 3. The first-order chi connectivity index (χ1) is 27.9. The fourth-order valence-electron chi connectivity index (χ4n) is 7.39. The van der Waals surface area contributed by atoms with Crippen molar-refractivity contribution < 1.29 is 33.0 Å². The maximum atomic E-state index is 13.5. The van der Waals surface area contributed by atoms with E-state index < -0.39 is 23.5 Å². The lowest BCUT2D eigenvalue weighted by Gasteiger charge is -2.13. The predicted molar refractivity (Wildman–Crippen MR) is 217 cm³/mol. The molecule has 3 N–H and O–H groups in total. The number of benzene rings is 5. The highest BCUT2D eigenvalue weighted by atomic mass is 16.6. The standard InChI is InChI=1S/C46H35N3O8/c50-43(18-13-27-24-47-37-10-4-1-7-31(27)37)54-30-16-17-34-35-22-41(55-44(51)19-14-28-25-48-38-11-5-2-8-32(28)38)42(23-36(35)46(53)57-40(34)21-30)56-45(52)20-15-29-26-49-39-12-6-3-9-33(29)39/h1-12,16-17,21-26,47-49H,13-15,18-20H2. The van der Waals surface area contributed by atoms with Crippen molar-refractivity contribution in [3.8, 4) is 17.2 Å². The Morgan fingerprint density at radius 1 is 0.474 bits per heavy atom. The summed E-state index contributed by atoms with van der Waals surface area (Å²) in [7, 11) is 0. The summed E-state index contributed by atoms with van der Waals surface area (Å²) in [5, 5.41) is 4.08. The van der Waals surface area contributed by atoms with Gasteiger partial charge in [0.1, 0.15) is 11.3 Å². The molecule has 0 radical (unpaired) electrons. The number of aromatic nitrogens is 3. The van der Waals surface area contributed by atoms with E-state index in [-0.39, 0.29) is 47.5 Å². The van der Waals surface area contributed by atoms with Gasteiger partial charge in [-0.2, -0.15) is 0 Å². The number of esters is 3. The molecule has 0 amide bonds. The summed E-state index contributed by atoms with van der Waals surface area (Å²) >= 11 is 0. The van der Waals surface area contributed by atoms with E-state index in [0.717, 1.165) is 49.4 Å². The van der Waals surface area contributed by atoms with Gasteiger partial charge in [-0.25, -0.2) is 4.79 Å². The molecule has 0 unspecified atom stereocenters. The molecule has 0 spiro atoms. The van der Waals surface area contributed by atoms with E-state index in [9.17, 15) is 19.2 Å². The fraction of sp³-hybridized carbons (Fsp3) is 0.130. The molecule has 11 nitrogen and oxygen atoms in total. The van der Waals surface area contributed by atoms with E-state index in [4.69, 9.17) is 18.6 Å². The number of para-hydroxylation sites is 3. The van der Waals surface area contributed by atoms with E-state index in [1.165, 1.54) is 18.2 Å². The Labute approximate surface area is 324 Å². The van der Waals surface area contributed by atoms with Crippen LogP contribution in [0.25, 0.3) is 54.5 Å². The number of hydrogen-bond acceptors (Lipinski definition) is 8. The van der Waals surface area contributed by atoms with Gasteiger partial charge in [0.15, 0.2) is 11.5 Å². The van der Waals surface area contributed by atoms with E-state index in [1.54, 1.807) is 12.1 Å². The van der Waals surface area contributed by atoms with Gasteiger partial charge >= 0.3 is 23.5 Å². The zero-order chi connectivity index (χ0) is 38.9. The molecule has 0 saturated carbocycles. The summed E-state index contributed by atoms with van der Waals surface area (Å²) in [4.78, 5) is 62.7. The summed E-state index contributed by atoms with van der Waals surface area (Å²) in [5.74, 6) is -1.47. The number of ether oxygens (including phenoxy) is 3. The normalized spacial score (nSPS) is 11.5. The highest BCUT2D eigenvalue weighted by Gasteiger charge is 2.21. The molecule has 4 aromatic heterocycles. The van der Waals surface area contributed by atoms with Crippen LogP contribution < -0.4 is 19.8 Å². The van der Waals surface area contributed by atoms with Gasteiger partial charge in [0.05, 0.1) is 24.6 Å². The quantitative estimate of drug-likeness (QED) is 0.0483. The first-order valence-electron chi connectivity index (χ1n) is 18.7. The number of aryl methyl sites for hydroxylation is 3. The molecule has 0 atom stereocenters. The molecule has 0 aliphatic rings. The first kappa shape index (κ1) is 35.3.